The van der Waals surface area contributed by atoms with Gasteiger partial charge in [0.05, 0.1) is 5.39 Å². The number of aromatic amines is 1. The van der Waals surface area contributed by atoms with Gasteiger partial charge in [-0.1, -0.05) is 32.0 Å². The minimum Gasteiger partial charge on any atom is -0.438 e. The molecule has 164 valence electrons. The van der Waals surface area contributed by atoms with Gasteiger partial charge in [-0.3, -0.25) is 4.79 Å². The lowest BCUT2D eigenvalue weighted by atomic mass is 9.97. The Balaban J connectivity index is 1.42. The second kappa shape index (κ2) is 8.39. The first-order chi connectivity index (χ1) is 16.0. The lowest BCUT2D eigenvalue weighted by molar-refractivity contribution is 0.102. The Bertz CT molecular complexity index is 1490. The summed E-state index contributed by atoms with van der Waals surface area (Å²) >= 11 is 0. The molecule has 0 fully saturated rings. The van der Waals surface area contributed by atoms with Gasteiger partial charge in [0, 0.05) is 17.4 Å². The van der Waals surface area contributed by atoms with E-state index in [9.17, 15) is 4.79 Å². The molecule has 3 aromatic carbocycles. The molecule has 6 nitrogen and oxygen atoms in total. The highest BCUT2D eigenvalue weighted by Gasteiger charge is 2.13. The molecule has 2 aromatic heterocycles. The Morgan fingerprint density at radius 2 is 1.88 bits per heavy atom. The predicted molar refractivity (Wildman–Crippen MR) is 131 cm³/mol. The van der Waals surface area contributed by atoms with Crippen LogP contribution in [0.25, 0.3) is 21.8 Å². The number of H-pyrrole nitrogens is 1. The van der Waals surface area contributed by atoms with Crippen molar-refractivity contribution in [3.63, 3.8) is 0 Å². The summed E-state index contributed by atoms with van der Waals surface area (Å²) in [5, 5.41) is 5.61. The molecule has 0 aliphatic rings. The lowest BCUT2D eigenvalue weighted by Gasteiger charge is -2.13. The van der Waals surface area contributed by atoms with Crippen LogP contribution in [-0.4, -0.2) is 20.9 Å². The Labute approximate surface area is 191 Å². The number of anilines is 1. The molecule has 1 amide bonds. The number of amides is 1. The van der Waals surface area contributed by atoms with Crippen LogP contribution in [0.4, 0.5) is 5.69 Å². The monoisotopic (exact) mass is 436 g/mol. The third kappa shape index (κ3) is 4.03. The van der Waals surface area contributed by atoms with Gasteiger partial charge in [-0.05, 0) is 77.2 Å². The Morgan fingerprint density at radius 1 is 1.00 bits per heavy atom. The van der Waals surface area contributed by atoms with Gasteiger partial charge in [0.25, 0.3) is 5.91 Å². The van der Waals surface area contributed by atoms with Crippen LogP contribution < -0.4 is 10.1 Å². The molecule has 0 bridgehead atoms. The summed E-state index contributed by atoms with van der Waals surface area (Å²) in [6, 6.07) is 19.3. The largest absolute Gasteiger partial charge is 0.438 e. The first kappa shape index (κ1) is 20.7. The van der Waals surface area contributed by atoms with Crippen LogP contribution in [-0.2, 0) is 0 Å². The van der Waals surface area contributed by atoms with E-state index >= 15 is 0 Å². The fraction of sp³-hybridized carbons (Fsp3) is 0.148. The van der Waals surface area contributed by atoms with Crippen LogP contribution in [0.5, 0.6) is 11.6 Å². The molecule has 33 heavy (non-hydrogen) atoms. The Kier molecular flexibility index (Phi) is 5.26. The number of benzene rings is 3. The molecule has 0 atom stereocenters. The molecule has 0 spiro atoms. The molecule has 2 heterocycles. The van der Waals surface area contributed by atoms with E-state index in [1.165, 1.54) is 17.5 Å². The van der Waals surface area contributed by atoms with Crippen molar-refractivity contribution in [2.24, 2.45) is 0 Å². The van der Waals surface area contributed by atoms with Gasteiger partial charge < -0.3 is 15.0 Å². The molecule has 0 radical (unpaired) electrons. The normalized spacial score (nSPS) is 11.3. The van der Waals surface area contributed by atoms with E-state index in [1.54, 1.807) is 6.20 Å². The quantitative estimate of drug-likeness (QED) is 0.326. The molecule has 0 aliphatic heterocycles. The number of rotatable bonds is 5. The van der Waals surface area contributed by atoms with Crippen molar-refractivity contribution in [3.8, 4) is 11.6 Å². The molecule has 0 aliphatic carbocycles. The van der Waals surface area contributed by atoms with E-state index < -0.39 is 0 Å². The standard InChI is InChI=1S/C27H24N4O2/c1-16(2)21-9-7-19(13-17(21)3)31-26(32)23-6-4-5-18-14-20(8-10-22(18)23)33-27-24-11-12-28-25(24)29-15-30-27/h4-16H,1-3H3,(H,31,32)(H,28,29,30). The van der Waals surface area contributed by atoms with Crippen LogP contribution >= 0.6 is 0 Å². The van der Waals surface area contributed by atoms with Crippen LogP contribution in [0.1, 0.15) is 41.3 Å². The number of carbonyl (C=O) groups excluding carboxylic acids is 1. The van der Waals surface area contributed by atoms with Gasteiger partial charge in [-0.15, -0.1) is 0 Å². The fourth-order valence-corrected chi connectivity index (χ4v) is 4.16. The molecule has 2 N–H and O–H groups in total. The smallest absolute Gasteiger partial charge is 0.256 e. The summed E-state index contributed by atoms with van der Waals surface area (Å²) in [5.41, 5.74) is 4.57. The van der Waals surface area contributed by atoms with Crippen molar-refractivity contribution in [3.05, 3.63) is 89.9 Å². The number of ether oxygens (including phenoxy) is 1. The van der Waals surface area contributed by atoms with Crippen molar-refractivity contribution in [2.75, 3.05) is 5.32 Å². The maximum Gasteiger partial charge on any atom is 0.256 e. The van der Waals surface area contributed by atoms with Crippen molar-refractivity contribution in [1.82, 2.24) is 15.0 Å². The zero-order valence-electron chi connectivity index (χ0n) is 18.7. The van der Waals surface area contributed by atoms with Crippen LogP contribution in [0.15, 0.2) is 73.2 Å². The number of hydrogen-bond acceptors (Lipinski definition) is 4. The highest BCUT2D eigenvalue weighted by atomic mass is 16.5. The predicted octanol–water partition coefficient (Wildman–Crippen LogP) is 6.59. The van der Waals surface area contributed by atoms with Crippen molar-refractivity contribution in [2.45, 2.75) is 26.7 Å². The number of nitrogens with one attached hydrogen (secondary N) is 2. The highest BCUT2D eigenvalue weighted by molar-refractivity contribution is 6.13. The third-order valence-electron chi connectivity index (χ3n) is 5.78. The average molecular weight is 437 g/mol. The molecule has 0 unspecified atom stereocenters. The van der Waals surface area contributed by atoms with Crippen LogP contribution in [0.3, 0.4) is 0 Å². The van der Waals surface area contributed by atoms with Gasteiger partial charge in [0.2, 0.25) is 5.88 Å². The van der Waals surface area contributed by atoms with Crippen molar-refractivity contribution in [1.29, 1.82) is 0 Å². The van der Waals surface area contributed by atoms with Crippen LogP contribution in [0, 0.1) is 6.92 Å². The second-order valence-electron chi connectivity index (χ2n) is 8.39. The summed E-state index contributed by atoms with van der Waals surface area (Å²) in [4.78, 5) is 24.6. The first-order valence-corrected chi connectivity index (χ1v) is 10.9. The zero-order valence-corrected chi connectivity index (χ0v) is 18.7. The summed E-state index contributed by atoms with van der Waals surface area (Å²) in [6.07, 6.45) is 3.27. The zero-order chi connectivity index (χ0) is 22.9. The van der Waals surface area contributed by atoms with E-state index in [-0.39, 0.29) is 5.91 Å². The molecule has 5 aromatic rings. The number of fused-ring (bicyclic) bond motifs is 2. The number of nitrogens with zero attached hydrogens (tertiary/aromatic N) is 2. The molecule has 5 rings (SSSR count). The number of carbonyl (C=O) groups is 1. The Hall–Kier alpha value is -4.19. The van der Waals surface area contributed by atoms with Crippen LogP contribution in [0.2, 0.25) is 0 Å². The van der Waals surface area contributed by atoms with Gasteiger partial charge in [-0.25, -0.2) is 9.97 Å². The minimum absolute atomic E-state index is 0.143. The van der Waals surface area contributed by atoms with Gasteiger partial charge in [0.1, 0.15) is 17.7 Å². The molecular weight excluding hydrogens is 412 g/mol. The van der Waals surface area contributed by atoms with E-state index in [0.29, 0.717) is 23.1 Å². The SMILES string of the molecule is Cc1cc(NC(=O)c2cccc3cc(Oc4ncnc5[nH]ccc45)ccc23)ccc1C(C)C. The highest BCUT2D eigenvalue weighted by Crippen LogP contribution is 2.30. The molecule has 6 heteroatoms. The maximum atomic E-state index is 13.1. The third-order valence-corrected chi connectivity index (χ3v) is 5.78. The van der Waals surface area contributed by atoms with Crippen molar-refractivity contribution >= 4 is 33.4 Å². The number of aromatic nitrogens is 3. The van der Waals surface area contributed by atoms with Gasteiger partial charge >= 0.3 is 0 Å². The minimum atomic E-state index is -0.143. The molecule has 0 saturated carbocycles. The Morgan fingerprint density at radius 3 is 2.70 bits per heavy atom. The van der Waals surface area contributed by atoms with Gasteiger partial charge in [0.15, 0.2) is 0 Å². The summed E-state index contributed by atoms with van der Waals surface area (Å²) in [7, 11) is 0. The van der Waals surface area contributed by atoms with Gasteiger partial charge in [-0.2, -0.15) is 0 Å². The van der Waals surface area contributed by atoms with Crippen molar-refractivity contribution < 1.29 is 9.53 Å². The lowest BCUT2D eigenvalue weighted by Crippen LogP contribution is -2.12. The summed E-state index contributed by atoms with van der Waals surface area (Å²) in [6.45, 7) is 6.41. The van der Waals surface area contributed by atoms with E-state index in [0.717, 1.165) is 27.5 Å². The topological polar surface area (TPSA) is 79.9 Å². The second-order valence-corrected chi connectivity index (χ2v) is 8.39. The van der Waals surface area contributed by atoms with E-state index in [2.05, 4.69) is 47.1 Å². The maximum absolute atomic E-state index is 13.1. The fourth-order valence-electron chi connectivity index (χ4n) is 4.16. The molecular formula is C27H24N4O2. The first-order valence-electron chi connectivity index (χ1n) is 10.9. The summed E-state index contributed by atoms with van der Waals surface area (Å²) in [5.74, 6) is 1.42. The number of hydrogen-bond donors (Lipinski definition) is 2. The summed E-state index contributed by atoms with van der Waals surface area (Å²) < 4.78 is 6.03. The number of aryl methyl sites for hydroxylation is 1. The molecule has 0 saturated heterocycles. The van der Waals surface area contributed by atoms with E-state index in [4.69, 9.17) is 4.74 Å². The average Bonchev–Trinajstić information content (AvgIpc) is 3.28. The van der Waals surface area contributed by atoms with E-state index in [1.807, 2.05) is 54.6 Å².